The van der Waals surface area contributed by atoms with Crippen molar-refractivity contribution in [3.63, 3.8) is 0 Å². The molecule has 3 unspecified atom stereocenters. The SMILES string of the molecule is COC(=O)[C@@]12CCCCN1C(c1ccc(-c3ccc(OC)cc3)c(OC)c1)C1C(=O)N(C)C(=O)C12.O=C(O)C(F)(F)F. The molecule has 0 bridgehead atoms. The van der Waals surface area contributed by atoms with E-state index in [2.05, 4.69) is 4.90 Å². The van der Waals surface area contributed by atoms with E-state index < -0.39 is 41.5 Å². The van der Waals surface area contributed by atoms with Crippen LogP contribution in [0.2, 0.25) is 0 Å². The lowest BCUT2D eigenvalue weighted by Crippen LogP contribution is -2.59. The van der Waals surface area contributed by atoms with Gasteiger partial charge in [0.25, 0.3) is 0 Å². The monoisotopic (exact) mass is 592 g/mol. The molecule has 226 valence electrons. The third kappa shape index (κ3) is 5.06. The number of hydrogen-bond donors (Lipinski definition) is 1. The fraction of sp³-hybridized carbons (Fsp3) is 0.448. The largest absolute Gasteiger partial charge is 0.497 e. The Morgan fingerprint density at radius 3 is 2.17 bits per heavy atom. The lowest BCUT2D eigenvalue weighted by Gasteiger charge is -2.44. The number of rotatable bonds is 5. The number of alkyl halides is 3. The van der Waals surface area contributed by atoms with E-state index in [-0.39, 0.29) is 11.8 Å². The van der Waals surface area contributed by atoms with E-state index >= 15 is 0 Å². The lowest BCUT2D eigenvalue weighted by molar-refractivity contribution is -0.192. The van der Waals surface area contributed by atoms with E-state index in [1.54, 1.807) is 14.2 Å². The molecule has 1 N–H and O–H groups in total. The second-order valence-corrected chi connectivity index (χ2v) is 10.2. The van der Waals surface area contributed by atoms with Gasteiger partial charge in [-0.2, -0.15) is 13.2 Å². The van der Waals surface area contributed by atoms with Crippen LogP contribution >= 0.6 is 0 Å². The molecule has 3 fully saturated rings. The number of methoxy groups -OCH3 is 3. The Morgan fingerprint density at radius 1 is 0.976 bits per heavy atom. The van der Waals surface area contributed by atoms with Crippen molar-refractivity contribution in [2.75, 3.05) is 34.9 Å². The van der Waals surface area contributed by atoms with Crippen molar-refractivity contribution in [2.24, 2.45) is 11.8 Å². The molecule has 0 radical (unpaired) electrons. The first-order chi connectivity index (χ1) is 19.8. The van der Waals surface area contributed by atoms with Gasteiger partial charge < -0.3 is 19.3 Å². The second-order valence-electron chi connectivity index (χ2n) is 10.2. The molecule has 3 saturated heterocycles. The Kier molecular flexibility index (Phi) is 8.53. The lowest BCUT2D eigenvalue weighted by atomic mass is 9.75. The van der Waals surface area contributed by atoms with Gasteiger partial charge in [-0.15, -0.1) is 0 Å². The van der Waals surface area contributed by atoms with Crippen molar-refractivity contribution >= 4 is 23.8 Å². The second kappa shape index (κ2) is 11.6. The summed E-state index contributed by atoms with van der Waals surface area (Å²) in [6.45, 7) is 0.611. The van der Waals surface area contributed by atoms with Gasteiger partial charge in [0.1, 0.15) is 17.0 Å². The average molecular weight is 593 g/mol. The van der Waals surface area contributed by atoms with Crippen LogP contribution in [0.1, 0.15) is 30.9 Å². The summed E-state index contributed by atoms with van der Waals surface area (Å²) in [7, 11) is 6.09. The molecule has 3 aliphatic heterocycles. The fourth-order valence-corrected chi connectivity index (χ4v) is 6.40. The molecule has 0 spiro atoms. The molecule has 0 aromatic heterocycles. The summed E-state index contributed by atoms with van der Waals surface area (Å²) >= 11 is 0. The summed E-state index contributed by atoms with van der Waals surface area (Å²) in [4.78, 5) is 52.1. The van der Waals surface area contributed by atoms with Crippen molar-refractivity contribution in [1.29, 1.82) is 0 Å². The number of carboxylic acids is 1. The Labute approximate surface area is 239 Å². The van der Waals surface area contributed by atoms with Crippen LogP contribution in [0.3, 0.4) is 0 Å². The predicted octanol–water partition coefficient (Wildman–Crippen LogP) is 3.69. The van der Waals surface area contributed by atoms with Crippen LogP contribution in [0.5, 0.6) is 11.5 Å². The molecule has 5 rings (SSSR count). The van der Waals surface area contributed by atoms with Crippen LogP contribution in [-0.2, 0) is 23.9 Å². The number of ether oxygens (including phenoxy) is 3. The molecule has 3 aliphatic rings. The first-order valence-corrected chi connectivity index (χ1v) is 13.1. The molecule has 0 aliphatic carbocycles. The first-order valence-electron chi connectivity index (χ1n) is 13.1. The van der Waals surface area contributed by atoms with E-state index in [0.717, 1.165) is 35.3 Å². The molecule has 13 heteroatoms. The van der Waals surface area contributed by atoms with Crippen LogP contribution in [0.15, 0.2) is 42.5 Å². The summed E-state index contributed by atoms with van der Waals surface area (Å²) in [6.07, 6.45) is -2.91. The van der Waals surface area contributed by atoms with Gasteiger partial charge in [-0.1, -0.05) is 24.3 Å². The number of likely N-dealkylation sites (tertiary alicyclic amines) is 1. The van der Waals surface area contributed by atoms with Gasteiger partial charge in [-0.25, -0.2) is 4.79 Å². The van der Waals surface area contributed by atoms with Crippen LogP contribution in [0, 0.1) is 11.8 Å². The zero-order chi connectivity index (χ0) is 31.0. The maximum Gasteiger partial charge on any atom is 0.490 e. The maximum atomic E-state index is 13.4. The molecule has 4 atom stereocenters. The number of carbonyl (C=O) groups is 4. The van der Waals surface area contributed by atoms with Crippen LogP contribution in [0.25, 0.3) is 11.1 Å². The van der Waals surface area contributed by atoms with Gasteiger partial charge in [0.2, 0.25) is 11.8 Å². The number of imide groups is 1. The number of aliphatic carboxylic acids is 1. The van der Waals surface area contributed by atoms with E-state index in [9.17, 15) is 27.6 Å². The molecule has 2 aromatic rings. The number of esters is 1. The first kappa shape index (κ1) is 30.8. The number of amides is 2. The molecular weight excluding hydrogens is 561 g/mol. The van der Waals surface area contributed by atoms with Crippen molar-refractivity contribution in [2.45, 2.75) is 37.0 Å². The zero-order valence-electron chi connectivity index (χ0n) is 23.4. The molecule has 0 saturated carbocycles. The highest BCUT2D eigenvalue weighted by Gasteiger charge is 2.72. The van der Waals surface area contributed by atoms with E-state index in [1.807, 2.05) is 42.5 Å². The van der Waals surface area contributed by atoms with E-state index in [1.165, 1.54) is 19.1 Å². The highest BCUT2D eigenvalue weighted by Crippen LogP contribution is 2.58. The quantitative estimate of drug-likeness (QED) is 0.409. The predicted molar refractivity (Wildman–Crippen MR) is 141 cm³/mol. The van der Waals surface area contributed by atoms with Gasteiger partial charge in [0, 0.05) is 18.7 Å². The van der Waals surface area contributed by atoms with Crippen molar-refractivity contribution in [1.82, 2.24) is 9.80 Å². The normalized spacial score (nSPS) is 25.2. The smallest absolute Gasteiger partial charge is 0.490 e. The van der Waals surface area contributed by atoms with Crippen LogP contribution < -0.4 is 9.47 Å². The highest BCUT2D eigenvalue weighted by atomic mass is 19.4. The third-order valence-corrected chi connectivity index (χ3v) is 8.23. The minimum absolute atomic E-state index is 0.249. The summed E-state index contributed by atoms with van der Waals surface area (Å²) in [5.74, 6) is -3.74. The number of carboxylic acid groups (broad SMARTS) is 1. The fourth-order valence-electron chi connectivity index (χ4n) is 6.40. The minimum Gasteiger partial charge on any atom is -0.497 e. The standard InChI is InChI=1S/C27H30N2O6.C2HF3O2/c1-28-24(30)21-22(25(28)31)27(26(32)35-4)13-5-6-14-29(27)23(21)17-9-12-19(20(15-17)34-3)16-7-10-18(33-2)11-8-16;3-2(4,5)1(6)7/h7-12,15,21-23H,5-6,13-14H2,1-4H3;(H,6,7)/t21?,22?,23?,27-;/m0./s1. The molecule has 10 nitrogen and oxygen atoms in total. The van der Waals surface area contributed by atoms with Gasteiger partial charge in [0.05, 0.1) is 33.2 Å². The van der Waals surface area contributed by atoms with Crippen LogP contribution in [0.4, 0.5) is 13.2 Å². The van der Waals surface area contributed by atoms with Crippen LogP contribution in [-0.4, -0.2) is 85.3 Å². The third-order valence-electron chi connectivity index (χ3n) is 8.23. The van der Waals surface area contributed by atoms with Gasteiger partial charge in [0.15, 0.2) is 0 Å². The summed E-state index contributed by atoms with van der Waals surface area (Å²) in [5, 5.41) is 7.12. The Hall–Kier alpha value is -4.13. The Bertz CT molecular complexity index is 1380. The van der Waals surface area contributed by atoms with Gasteiger partial charge in [-0.05, 0) is 55.1 Å². The molecule has 2 amide bonds. The van der Waals surface area contributed by atoms with E-state index in [4.69, 9.17) is 24.1 Å². The van der Waals surface area contributed by atoms with Crippen molar-refractivity contribution in [3.05, 3.63) is 48.0 Å². The van der Waals surface area contributed by atoms with E-state index in [0.29, 0.717) is 18.7 Å². The highest BCUT2D eigenvalue weighted by molar-refractivity contribution is 6.09. The number of halogens is 3. The van der Waals surface area contributed by atoms with Gasteiger partial charge in [-0.3, -0.25) is 24.2 Å². The summed E-state index contributed by atoms with van der Waals surface area (Å²) in [5.41, 5.74) is 1.57. The van der Waals surface area contributed by atoms with Crippen molar-refractivity contribution in [3.8, 4) is 22.6 Å². The molecule has 3 heterocycles. The number of fused-ring (bicyclic) bond motifs is 3. The zero-order valence-corrected chi connectivity index (χ0v) is 23.4. The number of carbonyl (C=O) groups excluding carboxylic acids is 3. The Balaban J connectivity index is 0.000000517. The molecule has 42 heavy (non-hydrogen) atoms. The number of nitrogens with zero attached hydrogens (tertiary/aromatic N) is 2. The minimum atomic E-state index is -5.08. The topological polar surface area (TPSA) is 123 Å². The average Bonchev–Trinajstić information content (AvgIpc) is 3.42. The van der Waals surface area contributed by atoms with Gasteiger partial charge >= 0.3 is 18.1 Å². The number of piperidine rings is 1. The Morgan fingerprint density at radius 2 is 1.62 bits per heavy atom. The van der Waals surface area contributed by atoms with Crippen molar-refractivity contribution < 1.29 is 51.7 Å². The molecule has 2 aromatic carbocycles. The summed E-state index contributed by atoms with van der Waals surface area (Å²) < 4.78 is 48.0. The molecular formula is C29H31F3N2O8. The number of hydrogen-bond acceptors (Lipinski definition) is 8. The summed E-state index contributed by atoms with van der Waals surface area (Å²) in [6, 6.07) is 13.1. The maximum absolute atomic E-state index is 13.4. The number of benzene rings is 2.